The summed E-state index contributed by atoms with van der Waals surface area (Å²) in [5, 5.41) is 1.11. The van der Waals surface area contributed by atoms with Gasteiger partial charge in [-0.05, 0) is 55.9 Å². The predicted octanol–water partition coefficient (Wildman–Crippen LogP) is 3.99. The van der Waals surface area contributed by atoms with E-state index in [1.165, 1.54) is 12.8 Å². The minimum absolute atomic E-state index is 0. The van der Waals surface area contributed by atoms with Gasteiger partial charge in [-0.25, -0.2) is 9.97 Å². The fourth-order valence-electron chi connectivity index (χ4n) is 5.16. The molecule has 4 heterocycles. The van der Waals surface area contributed by atoms with Crippen molar-refractivity contribution in [3.8, 4) is 17.3 Å². The Morgan fingerprint density at radius 2 is 2.06 bits per heavy atom. The molecule has 3 aromatic heterocycles. The lowest BCUT2D eigenvalue weighted by atomic mass is 10.0. The highest BCUT2D eigenvalue weighted by Crippen LogP contribution is 2.36. The molecule has 1 aliphatic heterocycles. The molecule has 1 aromatic carbocycles. The fraction of sp³-hybridized carbons (Fsp3) is 0.423. The molecule has 1 atom stereocenters. The van der Waals surface area contributed by atoms with Crippen LogP contribution in [0.1, 0.15) is 36.0 Å². The first-order valence-electron chi connectivity index (χ1n) is 12.1. The lowest BCUT2D eigenvalue weighted by Gasteiger charge is -2.31. The van der Waals surface area contributed by atoms with E-state index in [2.05, 4.69) is 26.3 Å². The highest BCUT2D eigenvalue weighted by atomic mass is 35.5. The largest absolute Gasteiger partial charge is 0.496 e. The van der Waals surface area contributed by atoms with Crippen molar-refractivity contribution in [1.29, 1.82) is 0 Å². The second-order valence-electron chi connectivity index (χ2n) is 9.69. The van der Waals surface area contributed by atoms with Crippen molar-refractivity contribution in [2.75, 3.05) is 20.2 Å². The van der Waals surface area contributed by atoms with Crippen LogP contribution in [0.15, 0.2) is 36.5 Å². The number of carbonyl (C=O) groups is 1. The van der Waals surface area contributed by atoms with Crippen molar-refractivity contribution >= 4 is 40.4 Å². The van der Waals surface area contributed by atoms with Gasteiger partial charge in [-0.3, -0.25) is 4.79 Å². The molecule has 9 heteroatoms. The van der Waals surface area contributed by atoms with E-state index in [0.717, 1.165) is 59.5 Å². The van der Waals surface area contributed by atoms with Crippen LogP contribution in [0.25, 0.3) is 33.6 Å². The Morgan fingerprint density at radius 3 is 2.80 bits per heavy atom. The number of benzene rings is 1. The van der Waals surface area contributed by atoms with E-state index in [-0.39, 0.29) is 24.4 Å². The van der Waals surface area contributed by atoms with Crippen LogP contribution in [-0.2, 0) is 13.6 Å². The maximum Gasteiger partial charge on any atom is 0.257 e. The molecule has 0 spiro atoms. The van der Waals surface area contributed by atoms with Gasteiger partial charge in [-0.15, -0.1) is 12.4 Å². The van der Waals surface area contributed by atoms with E-state index >= 15 is 0 Å². The molecule has 0 bridgehead atoms. The average Bonchev–Trinajstić information content (AvgIpc) is 3.53. The number of aromatic nitrogens is 4. The molecule has 4 aromatic rings. The zero-order chi connectivity index (χ0) is 23.4. The van der Waals surface area contributed by atoms with E-state index in [4.69, 9.17) is 15.5 Å². The summed E-state index contributed by atoms with van der Waals surface area (Å²) < 4.78 is 10.0. The number of pyridine rings is 1. The SMILES string of the molecule is COc1cc2c(cc1C(=O)N1CCC[C@@H](N)C1)nc(-c1cc3cccnc3n1CC1CC1)n2C.Cl. The van der Waals surface area contributed by atoms with E-state index < -0.39 is 0 Å². The van der Waals surface area contributed by atoms with E-state index in [1.54, 1.807) is 7.11 Å². The molecular weight excluding hydrogens is 464 g/mol. The number of hydrogen-bond acceptors (Lipinski definition) is 5. The van der Waals surface area contributed by atoms with Gasteiger partial charge >= 0.3 is 0 Å². The first-order chi connectivity index (χ1) is 16.5. The minimum Gasteiger partial charge on any atom is -0.496 e. The second kappa shape index (κ2) is 9.17. The molecule has 1 saturated heterocycles. The number of piperidine rings is 1. The number of aryl methyl sites for hydroxylation is 1. The third-order valence-electron chi connectivity index (χ3n) is 7.20. The topological polar surface area (TPSA) is 91.2 Å². The zero-order valence-corrected chi connectivity index (χ0v) is 20.9. The monoisotopic (exact) mass is 494 g/mol. The Hall–Kier alpha value is -3.10. The zero-order valence-electron chi connectivity index (χ0n) is 20.1. The lowest BCUT2D eigenvalue weighted by Crippen LogP contribution is -2.45. The maximum absolute atomic E-state index is 13.4. The third-order valence-corrected chi connectivity index (χ3v) is 7.20. The lowest BCUT2D eigenvalue weighted by molar-refractivity contribution is 0.0705. The third kappa shape index (κ3) is 4.15. The molecule has 2 fully saturated rings. The summed E-state index contributed by atoms with van der Waals surface area (Å²) in [5.74, 6) is 2.08. The summed E-state index contributed by atoms with van der Waals surface area (Å²) in [7, 11) is 3.62. The van der Waals surface area contributed by atoms with Gasteiger partial charge in [-0.1, -0.05) is 0 Å². The molecular formula is C26H31ClN6O2. The summed E-state index contributed by atoms with van der Waals surface area (Å²) in [6, 6.07) is 10.1. The minimum atomic E-state index is -0.0480. The molecule has 0 radical (unpaired) electrons. The first kappa shape index (κ1) is 23.6. The Morgan fingerprint density at radius 1 is 1.23 bits per heavy atom. The predicted molar refractivity (Wildman–Crippen MR) is 139 cm³/mol. The number of rotatable bonds is 5. The van der Waals surface area contributed by atoms with Gasteiger partial charge in [0.15, 0.2) is 5.82 Å². The van der Waals surface area contributed by atoms with Crippen LogP contribution < -0.4 is 10.5 Å². The van der Waals surface area contributed by atoms with E-state index in [0.29, 0.717) is 23.8 Å². The van der Waals surface area contributed by atoms with Crippen molar-refractivity contribution in [1.82, 2.24) is 24.0 Å². The van der Waals surface area contributed by atoms with E-state index in [9.17, 15) is 4.79 Å². The van der Waals surface area contributed by atoms with Crippen molar-refractivity contribution in [3.05, 3.63) is 42.1 Å². The first-order valence-corrected chi connectivity index (χ1v) is 12.1. The van der Waals surface area contributed by atoms with Crippen molar-refractivity contribution in [2.45, 2.75) is 38.3 Å². The number of methoxy groups -OCH3 is 1. The number of ether oxygens (including phenoxy) is 1. The standard InChI is InChI=1S/C26H30N6O2.ClH/c1-30-21-13-23(34-2)19(26(33)31-10-4-6-18(27)15-31)12-20(21)29-25(30)22-11-17-5-3-9-28-24(17)32(22)14-16-7-8-16;/h3,5,9,11-13,16,18H,4,6-8,10,14-15,27H2,1-2H3;1H/t18-;/m1./s1. The van der Waals surface area contributed by atoms with Crippen molar-refractivity contribution < 1.29 is 9.53 Å². The van der Waals surface area contributed by atoms with Crippen LogP contribution >= 0.6 is 12.4 Å². The number of fused-ring (bicyclic) bond motifs is 2. The molecule has 6 rings (SSSR count). The summed E-state index contributed by atoms with van der Waals surface area (Å²) >= 11 is 0. The van der Waals surface area contributed by atoms with Crippen LogP contribution in [0, 0.1) is 5.92 Å². The Kier molecular flexibility index (Phi) is 6.19. The average molecular weight is 495 g/mol. The molecule has 1 aliphatic carbocycles. The summed E-state index contributed by atoms with van der Waals surface area (Å²) in [6.45, 7) is 2.23. The summed E-state index contributed by atoms with van der Waals surface area (Å²) in [5.41, 5.74) is 10.4. The van der Waals surface area contributed by atoms with Crippen LogP contribution in [0.2, 0.25) is 0 Å². The van der Waals surface area contributed by atoms with Crippen LogP contribution in [0.3, 0.4) is 0 Å². The van der Waals surface area contributed by atoms with Gasteiger partial charge in [0.2, 0.25) is 0 Å². The van der Waals surface area contributed by atoms with E-state index in [1.807, 2.05) is 36.3 Å². The Balaban J connectivity index is 0.00000253. The van der Waals surface area contributed by atoms with Gasteiger partial charge < -0.3 is 24.5 Å². The summed E-state index contributed by atoms with van der Waals surface area (Å²) in [4.78, 5) is 24.9. The summed E-state index contributed by atoms with van der Waals surface area (Å²) in [6.07, 6.45) is 6.24. The number of nitrogens with zero attached hydrogens (tertiary/aromatic N) is 5. The number of amides is 1. The number of halogens is 1. The molecule has 2 N–H and O–H groups in total. The highest BCUT2D eigenvalue weighted by Gasteiger charge is 2.28. The number of likely N-dealkylation sites (tertiary alicyclic amines) is 1. The van der Waals surface area contributed by atoms with Crippen LogP contribution in [0.4, 0.5) is 0 Å². The molecule has 0 unspecified atom stereocenters. The number of nitrogens with two attached hydrogens (primary N) is 1. The van der Waals surface area contributed by atoms with Gasteiger partial charge in [0, 0.05) is 50.4 Å². The molecule has 8 nitrogen and oxygen atoms in total. The molecule has 184 valence electrons. The molecule has 2 aliphatic rings. The smallest absolute Gasteiger partial charge is 0.257 e. The van der Waals surface area contributed by atoms with Crippen LogP contribution in [-0.4, -0.2) is 56.2 Å². The molecule has 1 amide bonds. The number of hydrogen-bond donors (Lipinski definition) is 1. The molecule has 1 saturated carbocycles. The van der Waals surface area contributed by atoms with Gasteiger partial charge in [0.05, 0.1) is 29.4 Å². The highest BCUT2D eigenvalue weighted by molar-refractivity contribution is 6.01. The number of imidazole rings is 1. The van der Waals surface area contributed by atoms with Gasteiger partial charge in [0.25, 0.3) is 5.91 Å². The van der Waals surface area contributed by atoms with Crippen molar-refractivity contribution in [3.63, 3.8) is 0 Å². The Labute approximate surface area is 210 Å². The quantitative estimate of drug-likeness (QED) is 0.453. The Bertz CT molecular complexity index is 1410. The van der Waals surface area contributed by atoms with Gasteiger partial charge in [0.1, 0.15) is 11.4 Å². The van der Waals surface area contributed by atoms with Crippen LogP contribution in [0.5, 0.6) is 5.75 Å². The molecule has 35 heavy (non-hydrogen) atoms. The maximum atomic E-state index is 13.4. The fourth-order valence-corrected chi connectivity index (χ4v) is 5.16. The van der Waals surface area contributed by atoms with Gasteiger partial charge in [-0.2, -0.15) is 0 Å². The second-order valence-corrected chi connectivity index (χ2v) is 9.69. The van der Waals surface area contributed by atoms with Crippen molar-refractivity contribution in [2.24, 2.45) is 18.7 Å². The number of carbonyl (C=O) groups excluding carboxylic acids is 1. The normalized spacial score (nSPS) is 18.1.